The van der Waals surface area contributed by atoms with E-state index in [2.05, 4.69) is 5.32 Å². The topological polar surface area (TPSA) is 98.2 Å². The number of hydrogen-bond donors (Lipinski definition) is 3. The van der Waals surface area contributed by atoms with Crippen molar-refractivity contribution in [3.8, 4) is 0 Å². The average molecular weight is 235 g/mol. The summed E-state index contributed by atoms with van der Waals surface area (Å²) < 4.78 is 0. The number of primary amides is 1. The zero-order valence-corrected chi connectivity index (χ0v) is 9.77. The largest absolute Gasteiger partial charge is 0.366 e. The molecule has 0 aliphatic carbocycles. The van der Waals surface area contributed by atoms with Crippen molar-refractivity contribution in [3.05, 3.63) is 29.8 Å². The molecule has 0 spiro atoms. The lowest BCUT2D eigenvalue weighted by atomic mass is 10.1. The summed E-state index contributed by atoms with van der Waals surface area (Å²) in [5, 5.41) is 2.65. The predicted octanol–water partition coefficient (Wildman–Crippen LogP) is 0.851. The molecule has 0 bridgehead atoms. The molecule has 5 N–H and O–H groups in total. The van der Waals surface area contributed by atoms with Crippen molar-refractivity contribution in [1.82, 2.24) is 0 Å². The molecule has 17 heavy (non-hydrogen) atoms. The summed E-state index contributed by atoms with van der Waals surface area (Å²) in [6.07, 6.45) is 1.47. The van der Waals surface area contributed by atoms with Crippen LogP contribution in [0.15, 0.2) is 24.3 Å². The van der Waals surface area contributed by atoms with E-state index in [4.69, 9.17) is 11.5 Å². The van der Waals surface area contributed by atoms with Gasteiger partial charge in [0.15, 0.2) is 0 Å². The van der Waals surface area contributed by atoms with E-state index in [0.29, 0.717) is 17.7 Å². The molecule has 0 aliphatic heterocycles. The molecule has 0 saturated carbocycles. The molecule has 0 aromatic heterocycles. The first-order valence-corrected chi connectivity index (χ1v) is 5.51. The molecule has 1 rings (SSSR count). The lowest BCUT2D eigenvalue weighted by Gasteiger charge is -2.11. The average Bonchev–Trinajstić information content (AvgIpc) is 2.29. The molecule has 5 heteroatoms. The quantitative estimate of drug-likeness (QED) is 0.705. The monoisotopic (exact) mass is 235 g/mol. The maximum Gasteiger partial charge on any atom is 0.248 e. The highest BCUT2D eigenvalue weighted by atomic mass is 16.2. The van der Waals surface area contributed by atoms with Crippen LogP contribution in [-0.2, 0) is 4.79 Å². The first-order valence-electron chi connectivity index (χ1n) is 5.51. The number of hydrogen-bond acceptors (Lipinski definition) is 3. The van der Waals surface area contributed by atoms with Crippen molar-refractivity contribution in [2.75, 3.05) is 5.32 Å². The summed E-state index contributed by atoms with van der Waals surface area (Å²) in [5.41, 5.74) is 11.7. The van der Waals surface area contributed by atoms with Gasteiger partial charge in [-0.25, -0.2) is 0 Å². The van der Waals surface area contributed by atoms with Gasteiger partial charge in [-0.3, -0.25) is 9.59 Å². The minimum atomic E-state index is -0.530. The summed E-state index contributed by atoms with van der Waals surface area (Å²) in [6, 6.07) is 5.92. The highest BCUT2D eigenvalue weighted by Gasteiger charge is 2.12. The van der Waals surface area contributed by atoms with Crippen LogP contribution in [0.25, 0.3) is 0 Å². The second-order valence-corrected chi connectivity index (χ2v) is 3.83. The number of nitrogens with one attached hydrogen (secondary N) is 1. The third kappa shape index (κ3) is 3.88. The Morgan fingerprint density at radius 3 is 2.71 bits per heavy atom. The van der Waals surface area contributed by atoms with Gasteiger partial charge in [0.1, 0.15) is 0 Å². The molecular formula is C12H17N3O2. The zero-order chi connectivity index (χ0) is 12.8. The van der Waals surface area contributed by atoms with Crippen LogP contribution in [0.3, 0.4) is 0 Å². The lowest BCUT2D eigenvalue weighted by Crippen LogP contribution is -2.35. The van der Waals surface area contributed by atoms with E-state index >= 15 is 0 Å². The Morgan fingerprint density at radius 2 is 2.12 bits per heavy atom. The summed E-state index contributed by atoms with van der Waals surface area (Å²) in [7, 11) is 0. The van der Waals surface area contributed by atoms with Crippen molar-refractivity contribution in [2.45, 2.75) is 25.8 Å². The van der Waals surface area contributed by atoms with Gasteiger partial charge in [0.2, 0.25) is 11.8 Å². The summed E-state index contributed by atoms with van der Waals surface area (Å²) >= 11 is 0. The fraction of sp³-hybridized carbons (Fsp3) is 0.333. The van der Waals surface area contributed by atoms with Gasteiger partial charge in [-0.05, 0) is 24.6 Å². The molecule has 2 amide bonds. The first-order chi connectivity index (χ1) is 8.04. The SMILES string of the molecule is CCC[C@H](N)C(=O)Nc1cccc(C(N)=O)c1. The van der Waals surface area contributed by atoms with Crippen LogP contribution in [0, 0.1) is 0 Å². The molecule has 0 unspecified atom stereocenters. The van der Waals surface area contributed by atoms with E-state index in [0.717, 1.165) is 6.42 Å². The third-order valence-corrected chi connectivity index (χ3v) is 2.35. The van der Waals surface area contributed by atoms with Crippen molar-refractivity contribution < 1.29 is 9.59 Å². The van der Waals surface area contributed by atoms with Crippen molar-refractivity contribution in [1.29, 1.82) is 0 Å². The number of carbonyl (C=O) groups excluding carboxylic acids is 2. The van der Waals surface area contributed by atoms with Gasteiger partial charge in [0, 0.05) is 11.3 Å². The zero-order valence-electron chi connectivity index (χ0n) is 9.77. The van der Waals surface area contributed by atoms with Crippen molar-refractivity contribution in [2.24, 2.45) is 11.5 Å². The Bertz CT molecular complexity index is 418. The van der Waals surface area contributed by atoms with E-state index in [-0.39, 0.29) is 5.91 Å². The van der Waals surface area contributed by atoms with Crippen LogP contribution < -0.4 is 16.8 Å². The fourth-order valence-corrected chi connectivity index (χ4v) is 1.43. The number of rotatable bonds is 5. The second-order valence-electron chi connectivity index (χ2n) is 3.83. The van der Waals surface area contributed by atoms with E-state index < -0.39 is 11.9 Å². The van der Waals surface area contributed by atoms with E-state index in [9.17, 15) is 9.59 Å². The summed E-state index contributed by atoms with van der Waals surface area (Å²) in [4.78, 5) is 22.6. The van der Waals surface area contributed by atoms with Gasteiger partial charge in [-0.1, -0.05) is 19.4 Å². The van der Waals surface area contributed by atoms with Gasteiger partial charge in [0.05, 0.1) is 6.04 Å². The van der Waals surface area contributed by atoms with Crippen molar-refractivity contribution >= 4 is 17.5 Å². The molecule has 0 radical (unpaired) electrons. The van der Waals surface area contributed by atoms with E-state index in [1.54, 1.807) is 18.2 Å². The number of nitrogens with two attached hydrogens (primary N) is 2. The van der Waals surface area contributed by atoms with E-state index in [1.165, 1.54) is 6.07 Å². The minimum Gasteiger partial charge on any atom is -0.366 e. The molecule has 0 saturated heterocycles. The molecule has 1 atom stereocenters. The van der Waals surface area contributed by atoms with Crippen LogP contribution in [0.2, 0.25) is 0 Å². The van der Waals surface area contributed by atoms with Gasteiger partial charge >= 0.3 is 0 Å². The van der Waals surface area contributed by atoms with Gasteiger partial charge in [-0.2, -0.15) is 0 Å². The highest BCUT2D eigenvalue weighted by Crippen LogP contribution is 2.10. The molecule has 1 aromatic rings. The maximum atomic E-state index is 11.6. The number of benzene rings is 1. The van der Waals surface area contributed by atoms with Crippen LogP contribution in [0.4, 0.5) is 5.69 Å². The Morgan fingerprint density at radius 1 is 1.41 bits per heavy atom. The smallest absolute Gasteiger partial charge is 0.248 e. The Hall–Kier alpha value is -1.88. The van der Waals surface area contributed by atoms with Crippen LogP contribution in [-0.4, -0.2) is 17.9 Å². The fourth-order valence-electron chi connectivity index (χ4n) is 1.43. The van der Waals surface area contributed by atoms with Gasteiger partial charge in [-0.15, -0.1) is 0 Å². The summed E-state index contributed by atoms with van der Waals surface area (Å²) in [6.45, 7) is 1.96. The normalized spacial score (nSPS) is 11.9. The molecule has 0 heterocycles. The second kappa shape index (κ2) is 6.00. The van der Waals surface area contributed by atoms with Crippen LogP contribution in [0.5, 0.6) is 0 Å². The molecule has 0 aliphatic rings. The van der Waals surface area contributed by atoms with Crippen molar-refractivity contribution in [3.63, 3.8) is 0 Å². The van der Waals surface area contributed by atoms with Gasteiger partial charge < -0.3 is 16.8 Å². The number of amides is 2. The standard InChI is InChI=1S/C12H17N3O2/c1-2-4-10(13)12(17)15-9-6-3-5-8(7-9)11(14)16/h3,5-7,10H,2,4,13H2,1H3,(H2,14,16)(H,15,17)/t10-/m0/s1. The predicted molar refractivity (Wildman–Crippen MR) is 66.5 cm³/mol. The molecule has 1 aromatic carbocycles. The number of anilines is 1. The van der Waals surface area contributed by atoms with Crippen LogP contribution >= 0.6 is 0 Å². The van der Waals surface area contributed by atoms with Crippen LogP contribution in [0.1, 0.15) is 30.1 Å². The Kier molecular flexibility index (Phi) is 4.66. The highest BCUT2D eigenvalue weighted by molar-refractivity contribution is 5.97. The molecule has 5 nitrogen and oxygen atoms in total. The minimum absolute atomic E-state index is 0.256. The molecular weight excluding hydrogens is 218 g/mol. The van der Waals surface area contributed by atoms with Gasteiger partial charge in [0.25, 0.3) is 0 Å². The molecule has 92 valence electrons. The third-order valence-electron chi connectivity index (χ3n) is 2.35. The number of carbonyl (C=O) groups is 2. The Balaban J connectivity index is 2.71. The first kappa shape index (κ1) is 13.2. The molecule has 0 fully saturated rings. The summed E-state index contributed by atoms with van der Waals surface area (Å²) in [5.74, 6) is -0.785. The van der Waals surface area contributed by atoms with E-state index in [1.807, 2.05) is 6.92 Å². The Labute approximate surface area is 100 Å². The lowest BCUT2D eigenvalue weighted by molar-refractivity contribution is -0.117. The maximum absolute atomic E-state index is 11.6.